The quantitative estimate of drug-likeness (QED) is 0.670. The van der Waals surface area contributed by atoms with Crippen LogP contribution in [0.5, 0.6) is 5.75 Å². The second kappa shape index (κ2) is 9.39. The lowest BCUT2D eigenvalue weighted by molar-refractivity contribution is -0.121. The lowest BCUT2D eigenvalue weighted by atomic mass is 10.3. The van der Waals surface area contributed by atoms with Crippen molar-refractivity contribution in [2.45, 2.75) is 32.7 Å². The standard InChI is InChI=1S/C15H24N2O2/c1-13(2)17-15(18)9-11-16-10-6-12-19-14-7-4-3-5-8-14/h3-5,7-8,13,16H,6,9-12H2,1-2H3,(H,17,18). The van der Waals surface area contributed by atoms with Crippen LogP contribution in [0.1, 0.15) is 26.7 Å². The molecule has 2 N–H and O–H groups in total. The van der Waals surface area contributed by atoms with Crippen LogP contribution in [0.15, 0.2) is 30.3 Å². The highest BCUT2D eigenvalue weighted by Crippen LogP contribution is 2.07. The van der Waals surface area contributed by atoms with Crippen molar-refractivity contribution in [1.82, 2.24) is 10.6 Å². The van der Waals surface area contributed by atoms with Gasteiger partial charge in [-0.1, -0.05) is 18.2 Å². The minimum atomic E-state index is 0.100. The molecule has 0 aromatic heterocycles. The molecule has 0 atom stereocenters. The van der Waals surface area contributed by atoms with E-state index in [2.05, 4.69) is 10.6 Å². The van der Waals surface area contributed by atoms with E-state index < -0.39 is 0 Å². The Kier molecular flexibility index (Phi) is 7.66. The summed E-state index contributed by atoms with van der Waals surface area (Å²) in [4.78, 5) is 11.4. The number of para-hydroxylation sites is 1. The highest BCUT2D eigenvalue weighted by molar-refractivity contribution is 5.76. The fourth-order valence-corrected chi connectivity index (χ4v) is 1.62. The second-order valence-electron chi connectivity index (χ2n) is 4.74. The smallest absolute Gasteiger partial charge is 0.221 e. The summed E-state index contributed by atoms with van der Waals surface area (Å²) in [6.07, 6.45) is 1.46. The van der Waals surface area contributed by atoms with Gasteiger partial charge in [0, 0.05) is 19.0 Å². The van der Waals surface area contributed by atoms with E-state index in [1.165, 1.54) is 0 Å². The number of hydrogen-bond acceptors (Lipinski definition) is 3. The average molecular weight is 264 g/mol. The molecule has 106 valence electrons. The molecule has 0 fully saturated rings. The van der Waals surface area contributed by atoms with Gasteiger partial charge in [-0.25, -0.2) is 0 Å². The molecule has 0 aliphatic carbocycles. The van der Waals surface area contributed by atoms with Gasteiger partial charge in [-0.05, 0) is 38.9 Å². The summed E-state index contributed by atoms with van der Waals surface area (Å²) in [5, 5.41) is 6.10. The molecular weight excluding hydrogens is 240 g/mol. The van der Waals surface area contributed by atoms with E-state index in [4.69, 9.17) is 4.74 Å². The van der Waals surface area contributed by atoms with E-state index in [-0.39, 0.29) is 11.9 Å². The van der Waals surface area contributed by atoms with Gasteiger partial charge in [0.05, 0.1) is 6.61 Å². The Morgan fingerprint density at radius 1 is 1.21 bits per heavy atom. The number of benzene rings is 1. The summed E-state index contributed by atoms with van der Waals surface area (Å²) in [5.41, 5.74) is 0. The first-order valence-corrected chi connectivity index (χ1v) is 6.86. The van der Waals surface area contributed by atoms with Crippen LogP contribution < -0.4 is 15.4 Å². The molecule has 0 aliphatic heterocycles. The van der Waals surface area contributed by atoms with Crippen molar-refractivity contribution in [3.63, 3.8) is 0 Å². The van der Waals surface area contributed by atoms with Crippen molar-refractivity contribution in [2.24, 2.45) is 0 Å². The summed E-state index contributed by atoms with van der Waals surface area (Å²) in [6.45, 7) is 6.19. The van der Waals surface area contributed by atoms with Gasteiger partial charge in [-0.3, -0.25) is 4.79 Å². The third-order valence-electron chi connectivity index (χ3n) is 2.49. The highest BCUT2D eigenvalue weighted by Gasteiger charge is 2.01. The van der Waals surface area contributed by atoms with Crippen LogP contribution in [0.25, 0.3) is 0 Å². The molecular formula is C15H24N2O2. The monoisotopic (exact) mass is 264 g/mol. The van der Waals surface area contributed by atoms with Crippen molar-refractivity contribution in [3.05, 3.63) is 30.3 Å². The summed E-state index contributed by atoms with van der Waals surface area (Å²) in [7, 11) is 0. The fourth-order valence-electron chi connectivity index (χ4n) is 1.62. The SMILES string of the molecule is CC(C)NC(=O)CCNCCCOc1ccccc1. The molecule has 0 bridgehead atoms. The van der Waals surface area contributed by atoms with E-state index in [1.807, 2.05) is 44.2 Å². The van der Waals surface area contributed by atoms with Crippen LogP contribution in [0.3, 0.4) is 0 Å². The number of ether oxygens (including phenoxy) is 1. The Balaban J connectivity index is 1.93. The fraction of sp³-hybridized carbons (Fsp3) is 0.533. The van der Waals surface area contributed by atoms with Gasteiger partial charge in [-0.2, -0.15) is 0 Å². The van der Waals surface area contributed by atoms with Crippen LogP contribution in [0.2, 0.25) is 0 Å². The summed E-state index contributed by atoms with van der Waals surface area (Å²) < 4.78 is 5.57. The van der Waals surface area contributed by atoms with Gasteiger partial charge in [0.25, 0.3) is 0 Å². The third-order valence-corrected chi connectivity index (χ3v) is 2.49. The number of carbonyl (C=O) groups excluding carboxylic acids is 1. The summed E-state index contributed by atoms with van der Waals surface area (Å²) in [6, 6.07) is 10.00. The maximum atomic E-state index is 11.4. The Bertz CT molecular complexity index is 352. The second-order valence-corrected chi connectivity index (χ2v) is 4.74. The van der Waals surface area contributed by atoms with E-state index in [1.54, 1.807) is 0 Å². The molecule has 1 amide bonds. The molecule has 0 saturated heterocycles. The number of nitrogens with one attached hydrogen (secondary N) is 2. The lowest BCUT2D eigenvalue weighted by Crippen LogP contribution is -2.32. The maximum Gasteiger partial charge on any atom is 0.221 e. The first kappa shape index (κ1) is 15.5. The third kappa shape index (κ3) is 8.21. The zero-order valence-corrected chi connectivity index (χ0v) is 11.8. The molecule has 1 aromatic rings. The van der Waals surface area contributed by atoms with Gasteiger partial charge in [0.1, 0.15) is 5.75 Å². The Labute approximate surface area is 115 Å². The summed E-state index contributed by atoms with van der Waals surface area (Å²) >= 11 is 0. The molecule has 0 heterocycles. The molecule has 0 aliphatic rings. The Morgan fingerprint density at radius 3 is 2.63 bits per heavy atom. The van der Waals surface area contributed by atoms with Crippen LogP contribution in [0.4, 0.5) is 0 Å². The molecule has 19 heavy (non-hydrogen) atoms. The van der Waals surface area contributed by atoms with Crippen LogP contribution in [-0.2, 0) is 4.79 Å². The molecule has 0 saturated carbocycles. The highest BCUT2D eigenvalue weighted by atomic mass is 16.5. The van der Waals surface area contributed by atoms with Crippen LogP contribution in [0, 0.1) is 0 Å². The van der Waals surface area contributed by atoms with Gasteiger partial charge in [0.15, 0.2) is 0 Å². The molecule has 1 rings (SSSR count). The number of hydrogen-bond donors (Lipinski definition) is 2. The van der Waals surface area contributed by atoms with Crippen molar-refractivity contribution in [2.75, 3.05) is 19.7 Å². The van der Waals surface area contributed by atoms with Crippen molar-refractivity contribution < 1.29 is 9.53 Å². The zero-order chi connectivity index (χ0) is 13.9. The molecule has 0 unspecified atom stereocenters. The topological polar surface area (TPSA) is 50.4 Å². The Morgan fingerprint density at radius 2 is 1.95 bits per heavy atom. The van der Waals surface area contributed by atoms with Gasteiger partial charge >= 0.3 is 0 Å². The predicted octanol–water partition coefficient (Wildman–Crippen LogP) is 1.96. The average Bonchev–Trinajstić information content (AvgIpc) is 2.38. The van der Waals surface area contributed by atoms with Crippen molar-refractivity contribution in [3.8, 4) is 5.75 Å². The first-order valence-electron chi connectivity index (χ1n) is 6.86. The minimum Gasteiger partial charge on any atom is -0.494 e. The predicted molar refractivity (Wildman–Crippen MR) is 77.3 cm³/mol. The summed E-state index contributed by atoms with van der Waals surface area (Å²) in [5.74, 6) is 1.00. The largest absolute Gasteiger partial charge is 0.494 e. The lowest BCUT2D eigenvalue weighted by Gasteiger charge is -2.09. The Hall–Kier alpha value is -1.55. The molecule has 1 aromatic carbocycles. The van der Waals surface area contributed by atoms with Crippen molar-refractivity contribution in [1.29, 1.82) is 0 Å². The van der Waals surface area contributed by atoms with Gasteiger partial charge < -0.3 is 15.4 Å². The molecule has 4 nitrogen and oxygen atoms in total. The van der Waals surface area contributed by atoms with Crippen molar-refractivity contribution >= 4 is 5.91 Å². The van der Waals surface area contributed by atoms with Crippen LogP contribution in [-0.4, -0.2) is 31.6 Å². The molecule has 0 radical (unpaired) electrons. The van der Waals surface area contributed by atoms with E-state index in [0.29, 0.717) is 19.6 Å². The maximum absolute atomic E-state index is 11.4. The zero-order valence-electron chi connectivity index (χ0n) is 11.8. The number of rotatable bonds is 9. The van der Waals surface area contributed by atoms with E-state index in [9.17, 15) is 4.79 Å². The normalized spacial score (nSPS) is 10.5. The van der Waals surface area contributed by atoms with Gasteiger partial charge in [0.2, 0.25) is 5.91 Å². The van der Waals surface area contributed by atoms with E-state index in [0.717, 1.165) is 18.7 Å². The minimum absolute atomic E-state index is 0.100. The first-order chi connectivity index (χ1) is 9.18. The number of carbonyl (C=O) groups is 1. The van der Waals surface area contributed by atoms with E-state index >= 15 is 0 Å². The number of amides is 1. The molecule has 4 heteroatoms. The van der Waals surface area contributed by atoms with Gasteiger partial charge in [-0.15, -0.1) is 0 Å². The van der Waals surface area contributed by atoms with Crippen LogP contribution >= 0.6 is 0 Å². The molecule has 0 spiro atoms.